The molecule has 0 N–H and O–H groups in total. The summed E-state index contributed by atoms with van der Waals surface area (Å²) in [5.41, 5.74) is 19.5. The van der Waals surface area contributed by atoms with E-state index in [1.54, 1.807) is 0 Å². The average Bonchev–Trinajstić information content (AvgIpc) is 3.37. The first-order valence-electron chi connectivity index (χ1n) is 21.9. The minimum atomic E-state index is 0.913. The number of nitrogens with zero attached hydrogens (tertiary/aromatic N) is 2. The van der Waals surface area contributed by atoms with Gasteiger partial charge in [-0.2, -0.15) is 0 Å². The Morgan fingerprint density at radius 2 is 0.460 bits per heavy atom. The summed E-state index contributed by atoms with van der Waals surface area (Å²) in [4.78, 5) is 0. The van der Waals surface area contributed by atoms with Crippen LogP contribution in [0.2, 0.25) is 0 Å². The summed E-state index contributed by atoms with van der Waals surface area (Å²) in [6, 6.07) is 83.3. The standard InChI is InChI=1S/C61H48N2/c1-7-20-46(21-8-1)54-42-56(48-24-11-3-12-25-48)60(57(43-54)49-26-13-4-14-27-49)52-32-38-62(39-33-52)36-19-37-63-40-34-53(35-41-63)61-58(50-28-15-5-16-29-50)44-55(47-22-9-2-10-23-47)45-59(61)51-30-17-6-18-31-51/h1-18,20-35,38-45H,19,36-37H2/q+2. The molecule has 63 heavy (non-hydrogen) atoms. The fourth-order valence-electron chi connectivity index (χ4n) is 8.86. The van der Waals surface area contributed by atoms with E-state index < -0.39 is 0 Å². The van der Waals surface area contributed by atoms with E-state index in [-0.39, 0.29) is 0 Å². The van der Waals surface area contributed by atoms with E-state index in [1.807, 2.05) is 0 Å². The van der Waals surface area contributed by atoms with Gasteiger partial charge in [0.15, 0.2) is 37.9 Å². The second-order valence-electron chi connectivity index (χ2n) is 16.1. The smallest absolute Gasteiger partial charge is 0.169 e. The lowest BCUT2D eigenvalue weighted by Crippen LogP contribution is -2.38. The highest BCUT2D eigenvalue weighted by atomic mass is 15.0. The van der Waals surface area contributed by atoms with E-state index in [1.165, 1.54) is 89.0 Å². The molecule has 0 saturated carbocycles. The predicted molar refractivity (Wildman–Crippen MR) is 261 cm³/mol. The van der Waals surface area contributed by atoms with E-state index >= 15 is 0 Å². The van der Waals surface area contributed by atoms with Gasteiger partial charge in [-0.25, -0.2) is 9.13 Å². The van der Waals surface area contributed by atoms with Gasteiger partial charge in [0, 0.05) is 24.3 Å². The van der Waals surface area contributed by atoms with E-state index in [4.69, 9.17) is 0 Å². The molecule has 0 aliphatic heterocycles. The maximum atomic E-state index is 2.36. The molecule has 0 unspecified atom stereocenters. The number of pyridine rings is 2. The molecule has 10 aromatic rings. The molecule has 0 atom stereocenters. The van der Waals surface area contributed by atoms with Gasteiger partial charge in [0.05, 0.1) is 6.42 Å². The molecule has 0 spiro atoms. The molecule has 0 radical (unpaired) electrons. The van der Waals surface area contributed by atoms with E-state index in [0.29, 0.717) is 0 Å². The van der Waals surface area contributed by atoms with Crippen LogP contribution in [-0.4, -0.2) is 0 Å². The monoisotopic (exact) mass is 808 g/mol. The Kier molecular flexibility index (Phi) is 11.4. The zero-order valence-electron chi connectivity index (χ0n) is 35.3. The molecule has 0 aliphatic rings. The van der Waals surface area contributed by atoms with Crippen LogP contribution in [0.5, 0.6) is 0 Å². The third kappa shape index (κ3) is 8.66. The van der Waals surface area contributed by atoms with Crippen LogP contribution in [0.1, 0.15) is 6.42 Å². The van der Waals surface area contributed by atoms with Crippen LogP contribution in [0, 0.1) is 0 Å². The van der Waals surface area contributed by atoms with E-state index in [9.17, 15) is 0 Å². The van der Waals surface area contributed by atoms with Crippen molar-refractivity contribution in [2.75, 3.05) is 0 Å². The highest BCUT2D eigenvalue weighted by molar-refractivity contribution is 5.99. The second-order valence-corrected chi connectivity index (χ2v) is 16.1. The lowest BCUT2D eigenvalue weighted by Gasteiger charge is -2.19. The number of aromatic nitrogens is 2. The van der Waals surface area contributed by atoms with Crippen LogP contribution < -0.4 is 9.13 Å². The molecule has 2 aromatic heterocycles. The number of hydrogen-bond acceptors (Lipinski definition) is 0. The van der Waals surface area contributed by atoms with Gasteiger partial charge in [0.25, 0.3) is 0 Å². The summed E-state index contributed by atoms with van der Waals surface area (Å²) in [5, 5.41) is 0. The Morgan fingerprint density at radius 3 is 0.714 bits per heavy atom. The molecule has 8 aromatic carbocycles. The van der Waals surface area contributed by atoms with Gasteiger partial charge in [-0.1, -0.05) is 182 Å². The summed E-state index contributed by atoms with van der Waals surface area (Å²) in [5.74, 6) is 0. The van der Waals surface area contributed by atoms with Crippen molar-refractivity contribution >= 4 is 0 Å². The molecule has 2 heterocycles. The molecule has 2 heteroatoms. The van der Waals surface area contributed by atoms with Crippen LogP contribution >= 0.6 is 0 Å². The number of hydrogen-bond donors (Lipinski definition) is 0. The van der Waals surface area contributed by atoms with E-state index in [2.05, 4.69) is 264 Å². The SMILES string of the molecule is c1ccc(-c2cc(-c3ccccc3)c(-c3cc[n+](CCC[n+]4ccc(-c5c(-c6ccccc6)cc(-c6ccccc6)cc5-c5ccccc5)cc4)cc3)c(-c3ccccc3)c2)cc1. The Bertz CT molecular complexity index is 2720. The molecular weight excluding hydrogens is 761 g/mol. The second kappa shape index (κ2) is 18.4. The first-order valence-corrected chi connectivity index (χ1v) is 21.9. The minimum absolute atomic E-state index is 0.913. The van der Waals surface area contributed by atoms with Gasteiger partial charge in [-0.15, -0.1) is 0 Å². The Morgan fingerprint density at radius 1 is 0.222 bits per heavy atom. The van der Waals surface area contributed by atoms with Crippen molar-refractivity contribution in [2.45, 2.75) is 19.5 Å². The molecule has 0 amide bonds. The highest BCUT2D eigenvalue weighted by Crippen LogP contribution is 2.44. The van der Waals surface area contributed by atoms with Crippen LogP contribution in [0.4, 0.5) is 0 Å². The van der Waals surface area contributed by atoms with Gasteiger partial charge >= 0.3 is 0 Å². The zero-order chi connectivity index (χ0) is 42.2. The van der Waals surface area contributed by atoms with Crippen molar-refractivity contribution in [2.24, 2.45) is 0 Å². The molecule has 300 valence electrons. The maximum absolute atomic E-state index is 2.36. The van der Waals surface area contributed by atoms with Crippen LogP contribution in [0.15, 0.2) is 255 Å². The number of aryl methyl sites for hydroxylation is 2. The lowest BCUT2D eigenvalue weighted by atomic mass is 9.85. The summed E-state index contributed by atoms with van der Waals surface area (Å²) in [7, 11) is 0. The summed E-state index contributed by atoms with van der Waals surface area (Å²) in [6.45, 7) is 1.83. The third-order valence-electron chi connectivity index (χ3n) is 12.0. The van der Waals surface area contributed by atoms with Crippen molar-refractivity contribution in [3.05, 3.63) is 255 Å². The summed E-state index contributed by atoms with van der Waals surface area (Å²) < 4.78 is 4.63. The van der Waals surface area contributed by atoms with Gasteiger partial charge < -0.3 is 0 Å². The predicted octanol–water partition coefficient (Wildman–Crippen LogP) is 14.7. The van der Waals surface area contributed by atoms with Crippen molar-refractivity contribution in [1.82, 2.24) is 0 Å². The number of rotatable bonds is 12. The highest BCUT2D eigenvalue weighted by Gasteiger charge is 2.20. The maximum Gasteiger partial charge on any atom is 0.169 e. The molecule has 0 saturated heterocycles. The van der Waals surface area contributed by atoms with Crippen LogP contribution in [0.3, 0.4) is 0 Å². The Hall–Kier alpha value is -7.94. The topological polar surface area (TPSA) is 7.76 Å². The first-order chi connectivity index (χ1) is 31.2. The normalized spacial score (nSPS) is 11.0. The minimum Gasteiger partial charge on any atom is -0.205 e. The molecule has 2 nitrogen and oxygen atoms in total. The molecule has 0 bridgehead atoms. The summed E-state index contributed by atoms with van der Waals surface area (Å²) >= 11 is 0. The lowest BCUT2D eigenvalue weighted by molar-refractivity contribution is -0.726. The molecule has 0 aliphatic carbocycles. The third-order valence-corrected chi connectivity index (χ3v) is 12.0. The Balaban J connectivity index is 0.932. The van der Waals surface area contributed by atoms with Crippen LogP contribution in [0.25, 0.3) is 89.0 Å². The molecule has 0 fully saturated rings. The molecule has 10 rings (SSSR count). The Labute approximate surface area is 371 Å². The van der Waals surface area contributed by atoms with Crippen molar-refractivity contribution < 1.29 is 9.13 Å². The fourth-order valence-corrected chi connectivity index (χ4v) is 8.86. The van der Waals surface area contributed by atoms with Crippen molar-refractivity contribution in [3.8, 4) is 89.0 Å². The quantitative estimate of drug-likeness (QED) is 0.109. The van der Waals surface area contributed by atoms with Crippen LogP contribution in [-0.2, 0) is 13.1 Å². The van der Waals surface area contributed by atoms with Crippen molar-refractivity contribution in [3.63, 3.8) is 0 Å². The van der Waals surface area contributed by atoms with E-state index in [0.717, 1.165) is 19.5 Å². The van der Waals surface area contributed by atoms with Gasteiger partial charge in [0.2, 0.25) is 0 Å². The largest absolute Gasteiger partial charge is 0.205 e. The van der Waals surface area contributed by atoms with Crippen molar-refractivity contribution in [1.29, 1.82) is 0 Å². The van der Waals surface area contributed by atoms with Gasteiger partial charge in [-0.05, 0) is 113 Å². The average molecular weight is 809 g/mol. The molecular formula is C61H48N2+2. The summed E-state index contributed by atoms with van der Waals surface area (Å²) in [6.07, 6.45) is 9.97. The first kappa shape index (κ1) is 39.2. The fraction of sp³-hybridized carbons (Fsp3) is 0.0492. The zero-order valence-corrected chi connectivity index (χ0v) is 35.3. The van der Waals surface area contributed by atoms with Gasteiger partial charge in [-0.3, -0.25) is 0 Å². The number of benzene rings is 8. The van der Waals surface area contributed by atoms with Gasteiger partial charge in [0.1, 0.15) is 0 Å².